The Kier molecular flexibility index (Phi) is 3.76. The van der Waals surface area contributed by atoms with Crippen LogP contribution in [0.15, 0.2) is 35.1 Å². The van der Waals surface area contributed by atoms with E-state index in [0.717, 1.165) is 16.1 Å². The number of H-pyrrole nitrogens is 1. The van der Waals surface area contributed by atoms with Crippen molar-refractivity contribution in [2.45, 2.75) is 26.4 Å². The van der Waals surface area contributed by atoms with E-state index in [-0.39, 0.29) is 4.87 Å². The van der Waals surface area contributed by atoms with Crippen molar-refractivity contribution in [3.05, 3.63) is 45.7 Å². The third kappa shape index (κ3) is 3.05. The third-order valence-electron chi connectivity index (χ3n) is 2.44. The van der Waals surface area contributed by atoms with Crippen molar-refractivity contribution in [2.75, 3.05) is 0 Å². The minimum absolute atomic E-state index is 0.00408. The van der Waals surface area contributed by atoms with E-state index in [1.54, 1.807) is 0 Å². The van der Waals surface area contributed by atoms with Crippen LogP contribution in [0.4, 0.5) is 0 Å². The molecule has 0 bridgehead atoms. The molecule has 17 heavy (non-hydrogen) atoms. The molecule has 4 heteroatoms. The van der Waals surface area contributed by atoms with Crippen LogP contribution in [0.2, 0.25) is 0 Å². The molecule has 2 N–H and O–H groups in total. The molecular weight excluding hydrogens is 232 g/mol. The quantitative estimate of drug-likeness (QED) is 0.873. The standard InChI is InChI=1S/C13H16N2OS/c1-9(2)14-8-11-12(17-13(16)15-11)10-6-4-3-5-7-10/h3-7,9,14H,8H2,1-2H3,(H,15,16). The van der Waals surface area contributed by atoms with E-state index < -0.39 is 0 Å². The zero-order chi connectivity index (χ0) is 12.3. The molecule has 90 valence electrons. The van der Waals surface area contributed by atoms with Crippen LogP contribution in [-0.4, -0.2) is 11.0 Å². The van der Waals surface area contributed by atoms with E-state index >= 15 is 0 Å². The zero-order valence-electron chi connectivity index (χ0n) is 9.99. The maximum absolute atomic E-state index is 11.5. The van der Waals surface area contributed by atoms with Gasteiger partial charge in [-0.3, -0.25) is 4.79 Å². The second-order valence-electron chi connectivity index (χ2n) is 4.22. The SMILES string of the molecule is CC(C)NCc1[nH]c(=O)sc1-c1ccccc1. The molecule has 0 amide bonds. The van der Waals surface area contributed by atoms with Gasteiger partial charge in [0.15, 0.2) is 0 Å². The first kappa shape index (κ1) is 12.1. The molecule has 0 saturated carbocycles. The average Bonchev–Trinajstić information content (AvgIpc) is 2.69. The Morgan fingerprint density at radius 3 is 2.65 bits per heavy atom. The summed E-state index contributed by atoms with van der Waals surface area (Å²) in [7, 11) is 0. The van der Waals surface area contributed by atoms with Crippen LogP contribution < -0.4 is 10.2 Å². The highest BCUT2D eigenvalue weighted by molar-refractivity contribution is 7.13. The number of rotatable bonds is 4. The van der Waals surface area contributed by atoms with Gasteiger partial charge in [-0.25, -0.2) is 0 Å². The lowest BCUT2D eigenvalue weighted by atomic mass is 10.1. The molecule has 1 aromatic carbocycles. The predicted octanol–water partition coefficient (Wildman–Crippen LogP) is 2.60. The summed E-state index contributed by atoms with van der Waals surface area (Å²) in [6, 6.07) is 10.4. The minimum Gasteiger partial charge on any atom is -0.315 e. The number of hydrogen-bond donors (Lipinski definition) is 2. The molecule has 0 unspecified atom stereocenters. The fourth-order valence-corrected chi connectivity index (χ4v) is 2.47. The first-order chi connectivity index (χ1) is 8.16. The van der Waals surface area contributed by atoms with Crippen molar-refractivity contribution >= 4 is 11.3 Å². The normalized spacial score (nSPS) is 11.0. The fourth-order valence-electron chi connectivity index (χ4n) is 1.61. The smallest absolute Gasteiger partial charge is 0.305 e. The van der Waals surface area contributed by atoms with Crippen LogP contribution in [0.3, 0.4) is 0 Å². The van der Waals surface area contributed by atoms with Gasteiger partial charge in [-0.05, 0) is 5.56 Å². The van der Waals surface area contributed by atoms with Crippen LogP contribution in [0, 0.1) is 0 Å². The number of nitrogens with one attached hydrogen (secondary N) is 2. The molecule has 1 aromatic heterocycles. The molecule has 0 radical (unpaired) electrons. The van der Waals surface area contributed by atoms with Crippen LogP contribution in [-0.2, 0) is 6.54 Å². The number of benzene rings is 1. The summed E-state index contributed by atoms with van der Waals surface area (Å²) in [6.07, 6.45) is 0. The first-order valence-electron chi connectivity index (χ1n) is 5.67. The van der Waals surface area contributed by atoms with E-state index in [2.05, 4.69) is 24.1 Å². The van der Waals surface area contributed by atoms with Crippen LogP contribution >= 0.6 is 11.3 Å². The molecule has 2 aromatic rings. The molecule has 0 aliphatic heterocycles. The Bertz CT molecular complexity index is 528. The highest BCUT2D eigenvalue weighted by Gasteiger charge is 2.09. The van der Waals surface area contributed by atoms with Gasteiger partial charge < -0.3 is 10.3 Å². The Labute approximate surface area is 105 Å². The van der Waals surface area contributed by atoms with Gasteiger partial charge in [0.1, 0.15) is 0 Å². The average molecular weight is 248 g/mol. The van der Waals surface area contributed by atoms with E-state index in [1.807, 2.05) is 30.3 Å². The second kappa shape index (κ2) is 5.29. The van der Waals surface area contributed by atoms with Crippen molar-refractivity contribution in [3.8, 4) is 10.4 Å². The largest absolute Gasteiger partial charge is 0.315 e. The third-order valence-corrected chi connectivity index (χ3v) is 3.42. The summed E-state index contributed by atoms with van der Waals surface area (Å²) >= 11 is 1.27. The Morgan fingerprint density at radius 1 is 1.29 bits per heavy atom. The van der Waals surface area contributed by atoms with Gasteiger partial charge >= 0.3 is 4.87 Å². The topological polar surface area (TPSA) is 44.9 Å². The molecule has 1 heterocycles. The van der Waals surface area contributed by atoms with Gasteiger partial charge in [0.05, 0.1) is 10.6 Å². The Balaban J connectivity index is 2.31. The summed E-state index contributed by atoms with van der Waals surface area (Å²) in [5.41, 5.74) is 2.07. The zero-order valence-corrected chi connectivity index (χ0v) is 10.8. The lowest BCUT2D eigenvalue weighted by molar-refractivity contribution is 0.583. The number of hydrogen-bond acceptors (Lipinski definition) is 3. The van der Waals surface area contributed by atoms with Crippen LogP contribution in [0.25, 0.3) is 10.4 Å². The van der Waals surface area contributed by atoms with E-state index in [0.29, 0.717) is 12.6 Å². The van der Waals surface area contributed by atoms with Gasteiger partial charge in [0.2, 0.25) is 0 Å². The maximum Gasteiger partial charge on any atom is 0.305 e. The minimum atomic E-state index is 0.00408. The van der Waals surface area contributed by atoms with Gasteiger partial charge in [-0.15, -0.1) is 0 Å². The van der Waals surface area contributed by atoms with E-state index in [4.69, 9.17) is 0 Å². The molecule has 0 saturated heterocycles. The van der Waals surface area contributed by atoms with Crippen LogP contribution in [0.5, 0.6) is 0 Å². The van der Waals surface area contributed by atoms with Crippen molar-refractivity contribution in [2.24, 2.45) is 0 Å². The number of aromatic nitrogens is 1. The molecule has 2 rings (SSSR count). The Hall–Kier alpha value is -1.39. The highest BCUT2D eigenvalue weighted by atomic mass is 32.1. The molecule has 0 fully saturated rings. The maximum atomic E-state index is 11.5. The Morgan fingerprint density at radius 2 is 2.00 bits per heavy atom. The summed E-state index contributed by atoms with van der Waals surface area (Å²) in [5.74, 6) is 0. The van der Waals surface area contributed by atoms with Crippen molar-refractivity contribution < 1.29 is 0 Å². The summed E-state index contributed by atoms with van der Waals surface area (Å²) in [6.45, 7) is 4.87. The predicted molar refractivity (Wildman–Crippen MR) is 72.4 cm³/mol. The molecular formula is C13H16N2OS. The number of aromatic amines is 1. The van der Waals surface area contributed by atoms with Gasteiger partial charge in [-0.1, -0.05) is 55.5 Å². The molecule has 0 aliphatic carbocycles. The first-order valence-corrected chi connectivity index (χ1v) is 6.49. The number of thiazole rings is 1. The van der Waals surface area contributed by atoms with Crippen LogP contribution in [0.1, 0.15) is 19.5 Å². The van der Waals surface area contributed by atoms with E-state index in [9.17, 15) is 4.79 Å². The monoisotopic (exact) mass is 248 g/mol. The van der Waals surface area contributed by atoms with Crippen molar-refractivity contribution in [3.63, 3.8) is 0 Å². The van der Waals surface area contributed by atoms with Crippen molar-refractivity contribution in [1.29, 1.82) is 0 Å². The summed E-state index contributed by atoms with van der Waals surface area (Å²) in [4.78, 5) is 15.4. The van der Waals surface area contributed by atoms with E-state index in [1.165, 1.54) is 11.3 Å². The lowest BCUT2D eigenvalue weighted by Gasteiger charge is -2.08. The van der Waals surface area contributed by atoms with Gasteiger partial charge in [-0.2, -0.15) is 0 Å². The van der Waals surface area contributed by atoms with Gasteiger partial charge in [0, 0.05) is 12.6 Å². The molecule has 0 atom stereocenters. The lowest BCUT2D eigenvalue weighted by Crippen LogP contribution is -2.22. The highest BCUT2D eigenvalue weighted by Crippen LogP contribution is 2.24. The molecule has 3 nitrogen and oxygen atoms in total. The summed E-state index contributed by atoms with van der Waals surface area (Å²) < 4.78 is 0. The van der Waals surface area contributed by atoms with Gasteiger partial charge in [0.25, 0.3) is 0 Å². The second-order valence-corrected chi connectivity index (χ2v) is 5.21. The molecule has 0 aliphatic rings. The van der Waals surface area contributed by atoms with Crippen molar-refractivity contribution in [1.82, 2.24) is 10.3 Å². The molecule has 0 spiro atoms. The fraction of sp³-hybridized carbons (Fsp3) is 0.308. The summed E-state index contributed by atoms with van der Waals surface area (Å²) in [5, 5.41) is 3.32.